The van der Waals surface area contributed by atoms with Gasteiger partial charge in [0.05, 0.1) is 0 Å². The molecule has 0 nitrogen and oxygen atoms in total. The van der Waals surface area contributed by atoms with Gasteiger partial charge in [-0.05, 0) is 22.3 Å². The Morgan fingerprint density at radius 2 is 0.639 bits per heavy atom. The predicted octanol–water partition coefficient (Wildman–Crippen LogP) is 5.79. The van der Waals surface area contributed by atoms with Gasteiger partial charge >= 0.3 is 103 Å². The van der Waals surface area contributed by atoms with Crippen LogP contribution in [0.5, 0.6) is 0 Å². The molecule has 0 spiro atoms. The number of benzene rings is 4. The first-order valence-electron chi connectivity index (χ1n) is 11.2. The van der Waals surface area contributed by atoms with Crippen molar-refractivity contribution in [3.05, 3.63) is 121 Å². The van der Waals surface area contributed by atoms with Crippen LogP contribution in [0.15, 0.2) is 121 Å². The Hall–Kier alpha value is 0.573. The molecule has 0 radical (unpaired) electrons. The third kappa shape index (κ3) is 6.65. The standard InChI is InChI=1S/C30H20P4.2K/c1-5-13-21(14-6-1)25-26(22-15-7-2-8-16-22)32-29(31-25)30-33-27(23-17-9-3-10-18-23)28(34-30)24-19-11-4-12-20-24;;/h1-20H;;/q-2;2*+1. The van der Waals surface area contributed by atoms with Crippen LogP contribution in [0, 0.1) is 0 Å². The maximum Gasteiger partial charge on any atom is 1.00 e. The van der Waals surface area contributed by atoms with Crippen LogP contribution in [0.1, 0.15) is 0 Å². The van der Waals surface area contributed by atoms with Crippen molar-refractivity contribution >= 4 is 32.8 Å². The second-order valence-corrected chi connectivity index (χ2v) is 13.1. The van der Waals surface area contributed by atoms with Crippen molar-refractivity contribution in [2.45, 2.75) is 0 Å². The summed E-state index contributed by atoms with van der Waals surface area (Å²) < 4.78 is 0. The fourth-order valence-corrected chi connectivity index (χ4v) is 10.8. The van der Waals surface area contributed by atoms with Gasteiger partial charge in [-0.1, -0.05) is 143 Å². The first-order chi connectivity index (χ1) is 16.9. The minimum absolute atomic E-state index is 0. The number of hydrogen-bond donors (Lipinski definition) is 0. The summed E-state index contributed by atoms with van der Waals surface area (Å²) in [5, 5.41) is 8.82. The molecule has 2 heterocycles. The van der Waals surface area contributed by atoms with Gasteiger partial charge in [0.2, 0.25) is 0 Å². The summed E-state index contributed by atoms with van der Waals surface area (Å²) in [4.78, 5) is 0. The third-order valence-corrected chi connectivity index (χ3v) is 12.5. The van der Waals surface area contributed by atoms with Gasteiger partial charge in [0, 0.05) is 0 Å². The smallest absolute Gasteiger partial charge is 0.300 e. The minimum Gasteiger partial charge on any atom is -0.300 e. The van der Waals surface area contributed by atoms with Crippen molar-refractivity contribution in [2.24, 2.45) is 0 Å². The Morgan fingerprint density at radius 3 is 0.944 bits per heavy atom. The molecule has 0 aliphatic carbocycles. The van der Waals surface area contributed by atoms with E-state index in [-0.39, 0.29) is 103 Å². The molecule has 0 aliphatic heterocycles. The second-order valence-electron chi connectivity index (χ2n) is 7.95. The van der Waals surface area contributed by atoms with Crippen LogP contribution < -0.4 is 103 Å². The van der Waals surface area contributed by atoms with Gasteiger partial charge in [0.1, 0.15) is 0 Å². The van der Waals surface area contributed by atoms with Crippen molar-refractivity contribution in [2.75, 3.05) is 0 Å². The molecular weight excluding hydrogens is 562 g/mol. The molecule has 0 unspecified atom stereocenters. The molecule has 6 heteroatoms. The zero-order valence-corrected chi connectivity index (χ0v) is 30.2. The molecule has 162 valence electrons. The summed E-state index contributed by atoms with van der Waals surface area (Å²) in [6.07, 6.45) is 0. The van der Waals surface area contributed by atoms with E-state index in [1.54, 1.807) is 0 Å². The topological polar surface area (TPSA) is 0 Å². The molecule has 6 aromatic rings. The normalized spacial score (nSPS) is 11.2. The number of rotatable bonds is 5. The van der Waals surface area contributed by atoms with Crippen molar-refractivity contribution in [3.63, 3.8) is 0 Å². The Morgan fingerprint density at radius 1 is 0.361 bits per heavy atom. The van der Waals surface area contributed by atoms with E-state index in [4.69, 9.17) is 0 Å². The molecule has 0 amide bonds. The van der Waals surface area contributed by atoms with Gasteiger partial charge < -0.3 is 0 Å². The minimum atomic E-state index is 0. The summed E-state index contributed by atoms with van der Waals surface area (Å²) in [6, 6.07) is 43.6. The van der Waals surface area contributed by atoms with E-state index in [9.17, 15) is 0 Å². The van der Waals surface area contributed by atoms with Crippen molar-refractivity contribution in [1.82, 2.24) is 0 Å². The van der Waals surface area contributed by atoms with Gasteiger partial charge in [0.25, 0.3) is 0 Å². The average molecular weight is 583 g/mol. The Bertz CT molecular complexity index is 1290. The van der Waals surface area contributed by atoms with E-state index in [0.717, 1.165) is 0 Å². The van der Waals surface area contributed by atoms with E-state index < -0.39 is 0 Å². The molecule has 0 bridgehead atoms. The summed E-state index contributed by atoms with van der Waals surface area (Å²) in [7, 11) is 5.35. The van der Waals surface area contributed by atoms with Crippen molar-refractivity contribution in [3.8, 4) is 53.5 Å². The van der Waals surface area contributed by atoms with E-state index in [1.807, 2.05) is 0 Å². The third-order valence-electron chi connectivity index (χ3n) is 5.71. The molecule has 2 aromatic heterocycles. The van der Waals surface area contributed by atoms with Gasteiger partial charge in [-0.15, -0.1) is 0 Å². The van der Waals surface area contributed by atoms with Gasteiger partial charge in [-0.2, -0.15) is 10.1 Å². The maximum absolute atomic E-state index is 2.25. The molecule has 0 saturated heterocycles. The van der Waals surface area contributed by atoms with Crippen LogP contribution in [0.4, 0.5) is 0 Å². The molecule has 0 N–H and O–H groups in total. The van der Waals surface area contributed by atoms with Crippen LogP contribution in [0.2, 0.25) is 0 Å². The zero-order valence-electron chi connectivity index (χ0n) is 20.3. The zero-order chi connectivity index (χ0) is 22.7. The summed E-state index contributed by atoms with van der Waals surface area (Å²) in [5.41, 5.74) is 5.32. The molecule has 0 aliphatic rings. The largest absolute Gasteiger partial charge is 1.00 e. The van der Waals surface area contributed by atoms with Crippen LogP contribution in [0.3, 0.4) is 0 Å². The number of hydrogen-bond acceptors (Lipinski definition) is 0. The molecule has 0 atom stereocenters. The SMILES string of the molecule is [K+].[K+].c1ccc(-c2pc(-c3pc(-c4ccccc4)c(-c4ccccc4)[p-]3)[p-]c2-c2ccccc2)cc1. The van der Waals surface area contributed by atoms with Crippen molar-refractivity contribution in [1.29, 1.82) is 0 Å². The fourth-order valence-electron chi connectivity index (χ4n) is 4.07. The summed E-state index contributed by atoms with van der Waals surface area (Å²) >= 11 is 0. The predicted molar refractivity (Wildman–Crippen MR) is 155 cm³/mol. The summed E-state index contributed by atoms with van der Waals surface area (Å²) in [6.45, 7) is 0. The Labute approximate surface area is 305 Å². The van der Waals surface area contributed by atoms with Crippen LogP contribution >= 0.6 is 32.8 Å². The van der Waals surface area contributed by atoms with E-state index >= 15 is 0 Å². The van der Waals surface area contributed by atoms with Crippen LogP contribution in [-0.4, -0.2) is 0 Å². The molecule has 0 fully saturated rings. The van der Waals surface area contributed by atoms with Crippen molar-refractivity contribution < 1.29 is 103 Å². The average Bonchev–Trinajstić information content (AvgIpc) is 3.56. The first kappa shape index (κ1) is 29.6. The molecule has 6 rings (SSSR count). The first-order valence-corrected chi connectivity index (χ1v) is 14.8. The van der Waals surface area contributed by atoms with E-state index in [1.165, 1.54) is 86.3 Å². The second kappa shape index (κ2) is 14.3. The van der Waals surface area contributed by atoms with Gasteiger partial charge in [-0.3, -0.25) is 32.8 Å². The molecule has 36 heavy (non-hydrogen) atoms. The van der Waals surface area contributed by atoms with Crippen LogP contribution in [-0.2, 0) is 0 Å². The Balaban J connectivity index is 0.00000152. The fraction of sp³-hybridized carbons (Fsp3) is 0. The molecule has 4 aromatic carbocycles. The molecular formula is C30H20K2P4. The van der Waals surface area contributed by atoms with Gasteiger partial charge in [0.15, 0.2) is 0 Å². The molecule has 0 saturated carbocycles. The van der Waals surface area contributed by atoms with Gasteiger partial charge in [-0.25, -0.2) is 0 Å². The monoisotopic (exact) mass is 582 g/mol. The quantitative estimate of drug-likeness (QED) is 0.226. The summed E-state index contributed by atoms with van der Waals surface area (Å²) in [5.74, 6) is 0. The van der Waals surface area contributed by atoms with Crippen LogP contribution in [0.25, 0.3) is 53.5 Å². The van der Waals surface area contributed by atoms with E-state index in [0.29, 0.717) is 0 Å². The maximum atomic E-state index is 2.25. The van der Waals surface area contributed by atoms with E-state index in [2.05, 4.69) is 121 Å². The Kier molecular flexibility index (Phi) is 11.7.